The minimum Gasteiger partial charge on any atom is -0.493 e. The molecule has 0 fully saturated rings. The zero-order chi connectivity index (χ0) is 28.3. The molecule has 0 spiro atoms. The van der Waals surface area contributed by atoms with Crippen LogP contribution in [0.2, 0.25) is 0 Å². The van der Waals surface area contributed by atoms with Crippen LogP contribution in [0.3, 0.4) is 0 Å². The third-order valence-corrected chi connectivity index (χ3v) is 5.81. The molecule has 1 aliphatic heterocycles. The molecule has 0 N–H and O–H groups in total. The van der Waals surface area contributed by atoms with E-state index in [2.05, 4.69) is 11.7 Å². The number of hydrazone groups is 1. The molecule has 1 amide bonds. The van der Waals surface area contributed by atoms with Crippen molar-refractivity contribution >= 4 is 29.1 Å². The van der Waals surface area contributed by atoms with E-state index in [-0.39, 0.29) is 23.8 Å². The molecule has 4 rings (SSSR count). The van der Waals surface area contributed by atoms with Crippen molar-refractivity contribution in [1.29, 1.82) is 0 Å². The number of allylic oxidation sites excluding steroid dienone is 1. The maximum atomic E-state index is 13.1. The largest absolute Gasteiger partial charge is 0.493 e. The van der Waals surface area contributed by atoms with Crippen LogP contribution in [0.1, 0.15) is 23.6 Å². The standard InChI is InChI=1S/C28H22F3N3O5/c1-4-8-19-13-18(14-22-17(2)32-33(27(22)35)21-9-6-5-7-10-21)15-25(38-3)26(19)39-24-12-11-20(28(29,30)31)16-23(24)34(36)37/h4-7,9-16H,1,8H2,2-3H3/b22-14+. The van der Waals surface area contributed by atoms with Gasteiger partial charge in [0.15, 0.2) is 11.5 Å². The van der Waals surface area contributed by atoms with Crippen LogP contribution >= 0.6 is 0 Å². The highest BCUT2D eigenvalue weighted by atomic mass is 19.4. The molecule has 1 heterocycles. The van der Waals surface area contributed by atoms with Crippen molar-refractivity contribution in [2.45, 2.75) is 19.5 Å². The van der Waals surface area contributed by atoms with E-state index in [0.29, 0.717) is 40.2 Å². The molecular formula is C28H22F3N3O5. The number of rotatable bonds is 8. The Morgan fingerprint density at radius 3 is 2.44 bits per heavy atom. The van der Waals surface area contributed by atoms with Crippen molar-refractivity contribution in [2.24, 2.45) is 5.10 Å². The molecule has 0 atom stereocenters. The predicted octanol–water partition coefficient (Wildman–Crippen LogP) is 6.95. The second kappa shape index (κ2) is 10.8. The van der Waals surface area contributed by atoms with Crippen LogP contribution in [0.4, 0.5) is 24.5 Å². The second-order valence-corrected chi connectivity index (χ2v) is 8.44. The highest BCUT2D eigenvalue weighted by Gasteiger charge is 2.34. The first-order valence-corrected chi connectivity index (χ1v) is 11.6. The van der Waals surface area contributed by atoms with E-state index in [1.807, 2.05) is 6.07 Å². The lowest BCUT2D eigenvalue weighted by Gasteiger charge is -2.16. The van der Waals surface area contributed by atoms with Crippen molar-refractivity contribution in [2.75, 3.05) is 12.1 Å². The number of para-hydroxylation sites is 1. The SMILES string of the molecule is C=CCc1cc(/C=C2/C(=O)N(c3ccccc3)N=C2C)cc(OC)c1Oc1ccc(C(F)(F)F)cc1[N+](=O)[O-]. The minimum atomic E-state index is -4.76. The molecule has 0 aromatic heterocycles. The Labute approximate surface area is 221 Å². The van der Waals surface area contributed by atoms with Gasteiger partial charge in [0.05, 0.1) is 34.6 Å². The lowest BCUT2D eigenvalue weighted by Crippen LogP contribution is -2.21. The Bertz CT molecular complexity index is 1510. The number of ether oxygens (including phenoxy) is 2. The van der Waals surface area contributed by atoms with Crippen molar-refractivity contribution in [3.63, 3.8) is 0 Å². The summed E-state index contributed by atoms with van der Waals surface area (Å²) in [4.78, 5) is 23.7. The van der Waals surface area contributed by atoms with E-state index in [0.717, 1.165) is 6.07 Å². The Morgan fingerprint density at radius 1 is 1.10 bits per heavy atom. The van der Waals surface area contributed by atoms with E-state index < -0.39 is 28.1 Å². The van der Waals surface area contributed by atoms with Gasteiger partial charge >= 0.3 is 11.9 Å². The Hall–Kier alpha value is -4.93. The minimum absolute atomic E-state index is 0.0662. The molecule has 3 aromatic carbocycles. The number of anilines is 1. The van der Waals surface area contributed by atoms with Crippen LogP contribution in [0.15, 0.2) is 84.0 Å². The molecule has 0 bridgehead atoms. The number of halogens is 3. The highest BCUT2D eigenvalue weighted by Crippen LogP contribution is 2.42. The topological polar surface area (TPSA) is 94.3 Å². The van der Waals surface area contributed by atoms with Crippen molar-refractivity contribution in [3.8, 4) is 17.2 Å². The molecule has 0 radical (unpaired) electrons. The van der Waals surface area contributed by atoms with Crippen molar-refractivity contribution in [3.05, 3.63) is 106 Å². The summed E-state index contributed by atoms with van der Waals surface area (Å²) in [6, 6.07) is 14.2. The van der Waals surface area contributed by atoms with E-state index >= 15 is 0 Å². The first-order chi connectivity index (χ1) is 18.5. The first-order valence-electron chi connectivity index (χ1n) is 11.6. The fourth-order valence-electron chi connectivity index (χ4n) is 3.97. The quantitative estimate of drug-likeness (QED) is 0.134. The van der Waals surface area contributed by atoms with Crippen LogP contribution in [0.5, 0.6) is 17.2 Å². The van der Waals surface area contributed by atoms with E-state index in [1.165, 1.54) is 12.1 Å². The summed E-state index contributed by atoms with van der Waals surface area (Å²) in [6.45, 7) is 5.42. The fourth-order valence-corrected chi connectivity index (χ4v) is 3.97. The summed E-state index contributed by atoms with van der Waals surface area (Å²) < 4.78 is 50.6. The van der Waals surface area contributed by atoms with Crippen LogP contribution in [0, 0.1) is 10.1 Å². The molecular weight excluding hydrogens is 515 g/mol. The number of hydrogen-bond donors (Lipinski definition) is 0. The summed E-state index contributed by atoms with van der Waals surface area (Å²) in [6.07, 6.45) is -1.35. The molecule has 11 heteroatoms. The fraction of sp³-hybridized carbons (Fsp3) is 0.143. The van der Waals surface area contributed by atoms with Gasteiger partial charge in [-0.15, -0.1) is 6.58 Å². The molecule has 3 aromatic rings. The van der Waals surface area contributed by atoms with Crippen LogP contribution < -0.4 is 14.5 Å². The number of hydrogen-bond acceptors (Lipinski definition) is 6. The Morgan fingerprint density at radius 2 is 1.82 bits per heavy atom. The number of nitro groups is 1. The monoisotopic (exact) mass is 537 g/mol. The average Bonchev–Trinajstić information content (AvgIpc) is 3.18. The summed E-state index contributed by atoms with van der Waals surface area (Å²) in [5.74, 6) is -0.509. The number of nitro benzene ring substituents is 1. The summed E-state index contributed by atoms with van der Waals surface area (Å²) in [5.41, 5.74) is 0.441. The van der Waals surface area contributed by atoms with Gasteiger partial charge in [-0.25, -0.2) is 0 Å². The number of benzene rings is 3. The van der Waals surface area contributed by atoms with Crippen LogP contribution in [0.25, 0.3) is 6.08 Å². The maximum Gasteiger partial charge on any atom is 0.416 e. The Balaban J connectivity index is 1.75. The normalized spacial score (nSPS) is 14.4. The zero-order valence-corrected chi connectivity index (χ0v) is 20.9. The van der Waals surface area contributed by atoms with Gasteiger partial charge < -0.3 is 9.47 Å². The molecule has 0 unspecified atom stereocenters. The molecule has 1 aliphatic rings. The number of nitrogens with zero attached hydrogens (tertiary/aromatic N) is 3. The third-order valence-electron chi connectivity index (χ3n) is 5.81. The van der Waals surface area contributed by atoms with E-state index in [1.54, 1.807) is 55.5 Å². The van der Waals surface area contributed by atoms with Crippen molar-refractivity contribution in [1.82, 2.24) is 0 Å². The second-order valence-electron chi connectivity index (χ2n) is 8.44. The number of carbonyl (C=O) groups excluding carboxylic acids is 1. The molecule has 0 saturated carbocycles. The molecule has 39 heavy (non-hydrogen) atoms. The average molecular weight is 537 g/mol. The Kier molecular flexibility index (Phi) is 7.52. The maximum absolute atomic E-state index is 13.1. The first kappa shape index (κ1) is 27.1. The summed E-state index contributed by atoms with van der Waals surface area (Å²) in [7, 11) is 1.35. The zero-order valence-electron chi connectivity index (χ0n) is 20.9. The van der Waals surface area contributed by atoms with Crippen molar-refractivity contribution < 1.29 is 32.4 Å². The van der Waals surface area contributed by atoms with Gasteiger partial charge in [0.1, 0.15) is 0 Å². The highest BCUT2D eigenvalue weighted by molar-refractivity contribution is 6.32. The lowest BCUT2D eigenvalue weighted by molar-refractivity contribution is -0.385. The molecule has 0 saturated heterocycles. The van der Waals surface area contributed by atoms with Crippen LogP contribution in [-0.2, 0) is 17.4 Å². The smallest absolute Gasteiger partial charge is 0.416 e. The van der Waals surface area contributed by atoms with Gasteiger partial charge in [0.25, 0.3) is 5.91 Å². The van der Waals surface area contributed by atoms with E-state index in [9.17, 15) is 28.1 Å². The predicted molar refractivity (Wildman–Crippen MR) is 140 cm³/mol. The lowest BCUT2D eigenvalue weighted by atomic mass is 10.0. The van der Waals surface area contributed by atoms with Gasteiger partial charge in [-0.05, 0) is 61.4 Å². The van der Waals surface area contributed by atoms with Gasteiger partial charge in [-0.2, -0.15) is 23.3 Å². The number of methoxy groups -OCH3 is 1. The van der Waals surface area contributed by atoms with E-state index in [4.69, 9.17) is 9.47 Å². The number of carbonyl (C=O) groups is 1. The van der Waals surface area contributed by atoms with Crippen LogP contribution in [-0.4, -0.2) is 23.7 Å². The van der Waals surface area contributed by atoms with Gasteiger partial charge in [-0.3, -0.25) is 14.9 Å². The molecule has 200 valence electrons. The summed E-state index contributed by atoms with van der Waals surface area (Å²) >= 11 is 0. The summed E-state index contributed by atoms with van der Waals surface area (Å²) in [5, 5.41) is 17.2. The third kappa shape index (κ3) is 5.66. The number of amides is 1. The molecule has 8 nitrogen and oxygen atoms in total. The van der Waals surface area contributed by atoms with Gasteiger partial charge in [-0.1, -0.05) is 24.3 Å². The van der Waals surface area contributed by atoms with Gasteiger partial charge in [0.2, 0.25) is 5.75 Å². The number of alkyl halides is 3. The van der Waals surface area contributed by atoms with Gasteiger partial charge in [0, 0.05) is 11.6 Å². The molecule has 0 aliphatic carbocycles.